The van der Waals surface area contributed by atoms with E-state index in [4.69, 9.17) is 9.84 Å². The molecule has 0 aliphatic rings. The van der Waals surface area contributed by atoms with E-state index in [2.05, 4.69) is 41.9 Å². The highest BCUT2D eigenvalue weighted by Crippen LogP contribution is 2.39. The number of carbonyl (C=O) groups excluding carboxylic acids is 2. The van der Waals surface area contributed by atoms with E-state index >= 15 is 0 Å². The van der Waals surface area contributed by atoms with Gasteiger partial charge in [0.1, 0.15) is 5.82 Å². The summed E-state index contributed by atoms with van der Waals surface area (Å²) < 4.78 is 7.82. The molecule has 0 atom stereocenters. The molecule has 0 fully saturated rings. The monoisotopic (exact) mass is 467 g/mol. The van der Waals surface area contributed by atoms with Crippen LogP contribution >= 0.6 is 7.92 Å². The van der Waals surface area contributed by atoms with Crippen LogP contribution in [-0.2, 0) is 11.3 Å². The molecular formula is C24H30N5O3P. The molecule has 0 spiro atoms. The first kappa shape index (κ1) is 24.4. The van der Waals surface area contributed by atoms with E-state index in [9.17, 15) is 9.59 Å². The third-order valence-electron chi connectivity index (χ3n) is 5.11. The quantitative estimate of drug-likeness (QED) is 0.352. The zero-order valence-electron chi connectivity index (χ0n) is 19.9. The van der Waals surface area contributed by atoms with Gasteiger partial charge >= 0.3 is 0 Å². The van der Waals surface area contributed by atoms with Crippen LogP contribution in [0.5, 0.6) is 5.75 Å². The summed E-state index contributed by atoms with van der Waals surface area (Å²) in [5.41, 5.74) is 4.57. The Morgan fingerprint density at radius 3 is 2.48 bits per heavy atom. The average molecular weight is 468 g/mol. The Balaban J connectivity index is 2.09. The Morgan fingerprint density at radius 1 is 1.15 bits per heavy atom. The van der Waals surface area contributed by atoms with Crippen LogP contribution in [0.15, 0.2) is 36.5 Å². The molecule has 0 radical (unpaired) electrons. The van der Waals surface area contributed by atoms with E-state index in [1.165, 1.54) is 18.6 Å². The molecule has 33 heavy (non-hydrogen) atoms. The number of amides is 1. The molecule has 2 aromatic heterocycles. The van der Waals surface area contributed by atoms with Gasteiger partial charge in [-0.1, -0.05) is 20.9 Å². The lowest BCUT2D eigenvalue weighted by Gasteiger charge is -2.17. The topological polar surface area (TPSA) is 98.1 Å². The first-order chi connectivity index (χ1) is 15.8. The number of ether oxygens (including phenoxy) is 1. The lowest BCUT2D eigenvalue weighted by Crippen LogP contribution is -2.14. The summed E-state index contributed by atoms with van der Waals surface area (Å²) in [6.07, 6.45) is 1.82. The third-order valence-corrected chi connectivity index (χ3v) is 6.39. The van der Waals surface area contributed by atoms with Crippen molar-refractivity contribution in [2.24, 2.45) is 0 Å². The molecule has 2 N–H and O–H groups in total. The zero-order chi connectivity index (χ0) is 24.1. The molecule has 0 saturated heterocycles. The van der Waals surface area contributed by atoms with Crippen LogP contribution < -0.4 is 20.8 Å². The number of methoxy groups -OCH3 is 1. The fourth-order valence-corrected chi connectivity index (χ4v) is 4.58. The molecule has 0 unspecified atom stereocenters. The van der Waals surface area contributed by atoms with Gasteiger partial charge in [0.15, 0.2) is 11.5 Å². The van der Waals surface area contributed by atoms with Crippen LogP contribution in [0.2, 0.25) is 0 Å². The molecule has 0 aliphatic carbocycles. The molecule has 1 amide bonds. The van der Waals surface area contributed by atoms with Gasteiger partial charge in [-0.3, -0.25) is 14.3 Å². The molecule has 3 aromatic rings. The van der Waals surface area contributed by atoms with Gasteiger partial charge in [0.05, 0.1) is 35.2 Å². The lowest BCUT2D eigenvalue weighted by molar-refractivity contribution is -0.114. The second kappa shape index (κ2) is 10.6. The number of aromatic nitrogens is 3. The summed E-state index contributed by atoms with van der Waals surface area (Å²) >= 11 is 0. The van der Waals surface area contributed by atoms with Gasteiger partial charge in [-0.25, -0.2) is 4.98 Å². The van der Waals surface area contributed by atoms with Crippen LogP contribution in [0.3, 0.4) is 0 Å². The van der Waals surface area contributed by atoms with E-state index in [1.54, 1.807) is 20.1 Å². The maximum atomic E-state index is 12.5. The number of nitrogens with one attached hydrogen (secondary N) is 2. The number of pyridine rings is 1. The summed E-state index contributed by atoms with van der Waals surface area (Å²) in [6, 6.07) is 9.54. The van der Waals surface area contributed by atoms with E-state index in [0.717, 1.165) is 17.8 Å². The second-order valence-corrected chi connectivity index (χ2v) is 9.93. The minimum absolute atomic E-state index is 0.0555. The van der Waals surface area contributed by atoms with E-state index < -0.39 is 0 Å². The third kappa shape index (κ3) is 5.40. The fourth-order valence-electron chi connectivity index (χ4n) is 3.55. The molecule has 0 bridgehead atoms. The number of para-hydroxylation sites is 1. The summed E-state index contributed by atoms with van der Waals surface area (Å²) in [4.78, 5) is 28.2. The van der Waals surface area contributed by atoms with Gasteiger partial charge in [0.2, 0.25) is 5.91 Å². The Labute approximate surface area is 195 Å². The molecule has 0 aliphatic heterocycles. The smallest absolute Gasteiger partial charge is 0.222 e. The van der Waals surface area contributed by atoms with Gasteiger partial charge in [-0.2, -0.15) is 5.10 Å². The summed E-state index contributed by atoms with van der Waals surface area (Å²) in [5.74, 6) is 0.685. The van der Waals surface area contributed by atoms with Crippen molar-refractivity contribution in [3.8, 4) is 17.0 Å². The molecule has 1 aromatic carbocycles. The Hall–Kier alpha value is -3.25. The number of hydrogen-bond acceptors (Lipinski definition) is 6. The molecule has 174 valence electrons. The van der Waals surface area contributed by atoms with Crippen LogP contribution in [0.25, 0.3) is 11.3 Å². The average Bonchev–Trinajstić information content (AvgIpc) is 3.23. The van der Waals surface area contributed by atoms with Crippen molar-refractivity contribution in [2.75, 3.05) is 31.1 Å². The van der Waals surface area contributed by atoms with E-state index in [-0.39, 0.29) is 19.6 Å². The van der Waals surface area contributed by atoms with Crippen molar-refractivity contribution in [1.29, 1.82) is 0 Å². The summed E-state index contributed by atoms with van der Waals surface area (Å²) in [5, 5.41) is 10.8. The number of carbonyl (C=O) groups is 2. The predicted octanol–water partition coefficient (Wildman–Crippen LogP) is 4.64. The van der Waals surface area contributed by atoms with Crippen molar-refractivity contribution in [3.05, 3.63) is 42.1 Å². The minimum Gasteiger partial charge on any atom is -0.494 e. The Bertz CT molecular complexity index is 1170. The van der Waals surface area contributed by atoms with E-state index in [1.807, 2.05) is 22.9 Å². The zero-order valence-corrected chi connectivity index (χ0v) is 20.8. The fraction of sp³-hybridized carbons (Fsp3) is 0.333. The van der Waals surface area contributed by atoms with Gasteiger partial charge in [0, 0.05) is 37.7 Å². The van der Waals surface area contributed by atoms with Crippen LogP contribution in [0.1, 0.15) is 37.6 Å². The number of hydrogen-bond donors (Lipinski definition) is 2. The summed E-state index contributed by atoms with van der Waals surface area (Å²) in [7, 11) is 1.30. The van der Waals surface area contributed by atoms with Gasteiger partial charge in [-0.05, 0) is 38.5 Å². The Morgan fingerprint density at radius 2 is 1.91 bits per heavy atom. The first-order valence-corrected chi connectivity index (χ1v) is 13.0. The standard InChI is InChI=1S/C24H30N5O3P/c1-7-21(31)17-14-25-22(26-15(3)30)12-19(17)27-18-11-9-10-16(24(18)32-4)20-13-23(33(5)6)29(8-2)28-20/h9-14H,7-8H2,1-6H3,(H2,25,26,27,30). The van der Waals surface area contributed by atoms with Gasteiger partial charge < -0.3 is 15.4 Å². The molecule has 2 heterocycles. The maximum Gasteiger partial charge on any atom is 0.222 e. The molecule has 8 nitrogen and oxygen atoms in total. The number of benzene rings is 1. The summed E-state index contributed by atoms with van der Waals surface area (Å²) in [6.45, 7) is 10.5. The number of rotatable bonds is 9. The largest absolute Gasteiger partial charge is 0.494 e. The minimum atomic E-state index is -0.313. The van der Waals surface area contributed by atoms with Crippen molar-refractivity contribution in [2.45, 2.75) is 33.7 Å². The first-order valence-electron chi connectivity index (χ1n) is 10.8. The number of ketones is 1. The molecule has 3 rings (SSSR count). The van der Waals surface area contributed by atoms with E-state index in [0.29, 0.717) is 34.9 Å². The lowest BCUT2D eigenvalue weighted by atomic mass is 10.1. The van der Waals surface area contributed by atoms with Gasteiger partial charge in [-0.15, -0.1) is 0 Å². The second-order valence-electron chi connectivity index (χ2n) is 7.68. The van der Waals surface area contributed by atoms with Crippen LogP contribution in [-0.4, -0.2) is 46.9 Å². The van der Waals surface area contributed by atoms with Gasteiger partial charge in [0.25, 0.3) is 0 Å². The number of Topliss-reactive ketones (excluding diaryl/α,β-unsaturated/α-hetero) is 1. The van der Waals surface area contributed by atoms with Crippen molar-refractivity contribution < 1.29 is 14.3 Å². The van der Waals surface area contributed by atoms with Crippen molar-refractivity contribution >= 4 is 42.2 Å². The van der Waals surface area contributed by atoms with Crippen LogP contribution in [0, 0.1) is 0 Å². The van der Waals surface area contributed by atoms with Crippen molar-refractivity contribution in [1.82, 2.24) is 14.8 Å². The Kier molecular flexibility index (Phi) is 7.82. The highest BCUT2D eigenvalue weighted by Gasteiger charge is 2.19. The van der Waals surface area contributed by atoms with Crippen molar-refractivity contribution in [3.63, 3.8) is 0 Å². The molecule has 0 saturated carbocycles. The highest BCUT2D eigenvalue weighted by atomic mass is 31.1. The SMILES string of the molecule is CCC(=O)c1cnc(NC(C)=O)cc1Nc1cccc(-c2cc(P(C)C)n(CC)n2)c1OC. The maximum absolute atomic E-state index is 12.5. The van der Waals surface area contributed by atoms with Crippen LogP contribution in [0.4, 0.5) is 17.2 Å². The normalized spacial score (nSPS) is 10.9. The number of aryl methyl sites for hydroxylation is 1. The molecular weight excluding hydrogens is 437 g/mol. The predicted molar refractivity (Wildman–Crippen MR) is 135 cm³/mol. The molecule has 9 heteroatoms. The number of anilines is 3. The number of nitrogens with zero attached hydrogens (tertiary/aromatic N) is 3. The highest BCUT2D eigenvalue weighted by molar-refractivity contribution is 7.63.